The highest BCUT2D eigenvalue weighted by atomic mass is 32.2. The second kappa shape index (κ2) is 6.73. The van der Waals surface area contributed by atoms with Crippen LogP contribution in [-0.2, 0) is 11.2 Å². The van der Waals surface area contributed by atoms with Gasteiger partial charge in [-0.15, -0.1) is 0 Å². The number of benzene rings is 1. The summed E-state index contributed by atoms with van der Waals surface area (Å²) in [6, 6.07) is 12.1. The molecular weight excluding hydrogens is 320 g/mol. The summed E-state index contributed by atoms with van der Waals surface area (Å²) in [5.41, 5.74) is 2.82. The Kier molecular flexibility index (Phi) is 4.66. The summed E-state index contributed by atoms with van der Waals surface area (Å²) in [4.78, 5) is 13.6. The number of thioether (sulfide) groups is 1. The highest BCUT2D eigenvalue weighted by Crippen LogP contribution is 2.25. The molecule has 0 saturated carbocycles. The van der Waals surface area contributed by atoms with Crippen molar-refractivity contribution in [3.05, 3.63) is 53.8 Å². The van der Waals surface area contributed by atoms with Gasteiger partial charge in [0.2, 0.25) is 5.89 Å². The minimum Gasteiger partial charge on any atom is -0.338 e. The maximum atomic E-state index is 5.32. The zero-order valence-electron chi connectivity index (χ0n) is 14.3. The quantitative estimate of drug-likeness (QED) is 0.517. The van der Waals surface area contributed by atoms with Crippen LogP contribution in [0.1, 0.15) is 38.2 Å². The Morgan fingerprint density at radius 3 is 2.46 bits per heavy atom. The van der Waals surface area contributed by atoms with Gasteiger partial charge in [-0.2, -0.15) is 4.98 Å². The number of hydrogen-bond acceptors (Lipinski definition) is 6. The van der Waals surface area contributed by atoms with Crippen LogP contribution in [0.25, 0.3) is 11.3 Å². The zero-order chi connectivity index (χ0) is 17.2. The SMILES string of the molecule is Cc1cc(-c2ccccc2)nc(SCc2nc(C(C)(C)C)no2)n1. The summed E-state index contributed by atoms with van der Waals surface area (Å²) in [5, 5.41) is 4.75. The smallest absolute Gasteiger partial charge is 0.237 e. The lowest BCUT2D eigenvalue weighted by Gasteiger charge is -2.10. The van der Waals surface area contributed by atoms with Crippen LogP contribution >= 0.6 is 11.8 Å². The van der Waals surface area contributed by atoms with Crippen molar-refractivity contribution in [1.29, 1.82) is 0 Å². The number of aromatic nitrogens is 4. The Morgan fingerprint density at radius 2 is 1.79 bits per heavy atom. The third-order valence-electron chi connectivity index (χ3n) is 3.37. The molecule has 0 atom stereocenters. The summed E-state index contributed by atoms with van der Waals surface area (Å²) in [6.07, 6.45) is 0. The van der Waals surface area contributed by atoms with Gasteiger partial charge in [0, 0.05) is 16.7 Å². The topological polar surface area (TPSA) is 64.7 Å². The molecule has 0 aliphatic carbocycles. The number of hydrogen-bond donors (Lipinski definition) is 0. The molecule has 3 rings (SSSR count). The Morgan fingerprint density at radius 1 is 1.04 bits per heavy atom. The van der Waals surface area contributed by atoms with Crippen molar-refractivity contribution in [2.24, 2.45) is 0 Å². The van der Waals surface area contributed by atoms with Crippen molar-refractivity contribution in [2.45, 2.75) is 44.0 Å². The standard InChI is InChI=1S/C18H20N4OS/c1-12-10-14(13-8-6-5-7-9-13)20-17(19-12)24-11-15-21-16(22-23-15)18(2,3)4/h5-10H,11H2,1-4H3. The third kappa shape index (κ3) is 4.00. The summed E-state index contributed by atoms with van der Waals surface area (Å²) >= 11 is 1.50. The van der Waals surface area contributed by atoms with E-state index in [0.717, 1.165) is 17.0 Å². The molecule has 0 aliphatic heterocycles. The molecule has 0 unspecified atom stereocenters. The first-order valence-electron chi connectivity index (χ1n) is 7.79. The van der Waals surface area contributed by atoms with Crippen LogP contribution in [0.4, 0.5) is 0 Å². The second-order valence-corrected chi connectivity index (χ2v) is 7.54. The first-order chi connectivity index (χ1) is 11.4. The minimum atomic E-state index is -0.118. The number of nitrogens with zero attached hydrogens (tertiary/aromatic N) is 4. The van der Waals surface area contributed by atoms with Gasteiger partial charge in [0.25, 0.3) is 0 Å². The van der Waals surface area contributed by atoms with Gasteiger partial charge in [-0.25, -0.2) is 9.97 Å². The fraction of sp³-hybridized carbons (Fsp3) is 0.333. The minimum absolute atomic E-state index is 0.118. The Bertz CT molecular complexity index is 825. The molecule has 124 valence electrons. The predicted molar refractivity (Wildman–Crippen MR) is 94.8 cm³/mol. The van der Waals surface area contributed by atoms with Crippen LogP contribution < -0.4 is 0 Å². The highest BCUT2D eigenvalue weighted by Gasteiger charge is 2.21. The van der Waals surface area contributed by atoms with E-state index in [1.165, 1.54) is 11.8 Å². The van der Waals surface area contributed by atoms with Crippen LogP contribution in [0.2, 0.25) is 0 Å². The van der Waals surface area contributed by atoms with Gasteiger partial charge < -0.3 is 4.52 Å². The van der Waals surface area contributed by atoms with Gasteiger partial charge in [-0.05, 0) is 13.0 Å². The van der Waals surface area contributed by atoms with Crippen LogP contribution in [-0.4, -0.2) is 20.1 Å². The average Bonchev–Trinajstić information content (AvgIpc) is 3.03. The first-order valence-corrected chi connectivity index (χ1v) is 8.77. The van der Waals surface area contributed by atoms with Crippen LogP contribution in [0.3, 0.4) is 0 Å². The largest absolute Gasteiger partial charge is 0.338 e. The third-order valence-corrected chi connectivity index (χ3v) is 4.20. The number of rotatable bonds is 4. The molecule has 0 saturated heterocycles. The lowest BCUT2D eigenvalue weighted by molar-refractivity contribution is 0.372. The van der Waals surface area contributed by atoms with E-state index in [0.29, 0.717) is 22.6 Å². The normalized spacial score (nSPS) is 11.7. The molecule has 0 amide bonds. The van der Waals surface area contributed by atoms with Crippen LogP contribution in [0.15, 0.2) is 46.1 Å². The van der Waals surface area contributed by atoms with E-state index < -0.39 is 0 Å². The van der Waals surface area contributed by atoms with Gasteiger partial charge in [0.05, 0.1) is 11.4 Å². The summed E-state index contributed by atoms with van der Waals surface area (Å²) in [6.45, 7) is 8.16. The molecule has 0 bridgehead atoms. The first kappa shape index (κ1) is 16.6. The molecule has 24 heavy (non-hydrogen) atoms. The molecule has 0 radical (unpaired) electrons. The average molecular weight is 340 g/mol. The Hall–Kier alpha value is -2.21. The van der Waals surface area contributed by atoms with Gasteiger partial charge in [0.1, 0.15) is 0 Å². The Balaban J connectivity index is 1.76. The van der Waals surface area contributed by atoms with Crippen molar-refractivity contribution in [2.75, 3.05) is 0 Å². The lowest BCUT2D eigenvalue weighted by atomic mass is 9.96. The van der Waals surface area contributed by atoms with E-state index in [-0.39, 0.29) is 5.41 Å². The fourth-order valence-corrected chi connectivity index (χ4v) is 2.85. The molecule has 0 N–H and O–H groups in total. The van der Waals surface area contributed by atoms with Crippen molar-refractivity contribution < 1.29 is 4.52 Å². The molecule has 0 fully saturated rings. The van der Waals surface area contributed by atoms with Gasteiger partial charge in [-0.3, -0.25) is 0 Å². The molecule has 1 aromatic carbocycles. The van der Waals surface area contributed by atoms with Crippen LogP contribution in [0.5, 0.6) is 0 Å². The second-order valence-electron chi connectivity index (χ2n) is 6.59. The molecule has 0 aliphatic rings. The van der Waals surface area contributed by atoms with Gasteiger partial charge in [-0.1, -0.05) is 68.0 Å². The predicted octanol–water partition coefficient (Wildman–Crippen LogP) is 4.42. The molecule has 5 nitrogen and oxygen atoms in total. The molecule has 2 heterocycles. The number of aryl methyl sites for hydroxylation is 1. The van der Waals surface area contributed by atoms with Crippen molar-refractivity contribution in [1.82, 2.24) is 20.1 Å². The van der Waals surface area contributed by atoms with Crippen molar-refractivity contribution in [3.63, 3.8) is 0 Å². The molecule has 2 aromatic heterocycles. The molecule has 0 spiro atoms. The van der Waals surface area contributed by atoms with Gasteiger partial charge >= 0.3 is 0 Å². The highest BCUT2D eigenvalue weighted by molar-refractivity contribution is 7.98. The fourth-order valence-electron chi connectivity index (χ4n) is 2.11. The van der Waals surface area contributed by atoms with Gasteiger partial charge in [0.15, 0.2) is 11.0 Å². The van der Waals surface area contributed by atoms with E-state index in [1.54, 1.807) is 0 Å². The molecular formula is C18H20N4OS. The van der Waals surface area contributed by atoms with Crippen molar-refractivity contribution >= 4 is 11.8 Å². The maximum Gasteiger partial charge on any atom is 0.237 e. The summed E-state index contributed by atoms with van der Waals surface area (Å²) in [5.74, 6) is 1.87. The molecule has 6 heteroatoms. The lowest BCUT2D eigenvalue weighted by Crippen LogP contribution is -2.13. The van der Waals surface area contributed by atoms with E-state index >= 15 is 0 Å². The zero-order valence-corrected chi connectivity index (χ0v) is 15.1. The van der Waals surface area contributed by atoms with Crippen molar-refractivity contribution in [3.8, 4) is 11.3 Å². The summed E-state index contributed by atoms with van der Waals surface area (Å²) < 4.78 is 5.32. The van der Waals surface area contributed by atoms with E-state index in [4.69, 9.17) is 4.52 Å². The Labute approximate surface area is 145 Å². The molecule has 3 aromatic rings. The van der Waals surface area contributed by atoms with E-state index in [2.05, 4.69) is 40.9 Å². The van der Waals surface area contributed by atoms with Crippen LogP contribution in [0, 0.1) is 6.92 Å². The monoisotopic (exact) mass is 340 g/mol. The van der Waals surface area contributed by atoms with E-state index in [1.807, 2.05) is 43.3 Å². The summed E-state index contributed by atoms with van der Waals surface area (Å²) in [7, 11) is 0. The maximum absolute atomic E-state index is 5.32. The van der Waals surface area contributed by atoms with E-state index in [9.17, 15) is 0 Å².